The molecule has 4 atom stereocenters. The van der Waals surface area contributed by atoms with Crippen LogP contribution in [-0.2, 0) is 6.42 Å². The number of rotatable bonds is 0. The summed E-state index contributed by atoms with van der Waals surface area (Å²) >= 11 is 0. The van der Waals surface area contributed by atoms with Gasteiger partial charge in [-0.15, -0.1) is 0 Å². The number of aromatic nitrogens is 1. The van der Waals surface area contributed by atoms with E-state index in [2.05, 4.69) is 102 Å². The number of allylic oxidation sites excluding steroid dienone is 3. The fourth-order valence-electron chi connectivity index (χ4n) is 7.28. The Hall–Kier alpha value is -1.94. The molecule has 4 aliphatic rings. The first-order chi connectivity index (χ1) is 15.7. The Morgan fingerprint density at radius 1 is 0.941 bits per heavy atom. The molecule has 1 aromatic heterocycles. The zero-order chi connectivity index (χ0) is 24.8. The van der Waals surface area contributed by atoms with Gasteiger partial charge in [-0.05, 0) is 73.8 Å². The minimum Gasteiger partial charge on any atom is -0.382 e. The van der Waals surface area contributed by atoms with Gasteiger partial charge in [0.2, 0.25) is 0 Å². The number of fused-ring (bicyclic) bond motifs is 8. The summed E-state index contributed by atoms with van der Waals surface area (Å²) in [6.45, 7) is 23.9. The molecule has 5 rings (SSSR count). The highest BCUT2D eigenvalue weighted by Crippen LogP contribution is 2.48. The molecule has 4 unspecified atom stereocenters. The lowest BCUT2D eigenvalue weighted by Crippen LogP contribution is -2.39. The summed E-state index contributed by atoms with van der Waals surface area (Å²) in [5.74, 6) is 0.578. The summed E-state index contributed by atoms with van der Waals surface area (Å²) in [4.78, 5) is 3.83. The number of nitrogens with one attached hydrogen (secondary N) is 4. The van der Waals surface area contributed by atoms with Crippen LogP contribution in [0.5, 0.6) is 0 Å². The van der Waals surface area contributed by atoms with Crippen LogP contribution in [0.25, 0.3) is 6.08 Å². The standard InChI is InChI=1S/C30H46N4/c1-16-17(2)23-13-24-19(4)30(9,10)27(34-24)18(3)26-29(7,8)15-21(32-26)12-25-28(5,6)14-20(31-25)11-22(16)33-23/h11-12,19,21,24,27,31-34H,13-15H2,1-10H3/b20-11-,25-12-,26-18-. The van der Waals surface area contributed by atoms with E-state index in [4.69, 9.17) is 0 Å². The molecule has 0 aromatic carbocycles. The molecule has 0 aliphatic carbocycles. The molecular formula is C30H46N4. The highest BCUT2D eigenvalue weighted by molar-refractivity contribution is 5.58. The van der Waals surface area contributed by atoms with Gasteiger partial charge >= 0.3 is 0 Å². The predicted molar refractivity (Wildman–Crippen MR) is 143 cm³/mol. The maximum absolute atomic E-state index is 4.11. The van der Waals surface area contributed by atoms with Gasteiger partial charge in [-0.2, -0.15) is 0 Å². The molecule has 186 valence electrons. The molecule has 4 nitrogen and oxygen atoms in total. The monoisotopic (exact) mass is 462 g/mol. The molecule has 34 heavy (non-hydrogen) atoms. The number of H-pyrrole nitrogens is 1. The minimum atomic E-state index is 0.115. The third-order valence-corrected chi connectivity index (χ3v) is 9.94. The van der Waals surface area contributed by atoms with Crippen molar-refractivity contribution in [2.45, 2.75) is 107 Å². The summed E-state index contributed by atoms with van der Waals surface area (Å²) in [5, 5.41) is 11.9. The van der Waals surface area contributed by atoms with Gasteiger partial charge in [-0.25, -0.2) is 0 Å². The quantitative estimate of drug-likeness (QED) is 0.377. The summed E-state index contributed by atoms with van der Waals surface area (Å²) < 4.78 is 0. The van der Waals surface area contributed by atoms with E-state index in [-0.39, 0.29) is 16.2 Å². The zero-order valence-corrected chi connectivity index (χ0v) is 23.1. The fourth-order valence-corrected chi connectivity index (χ4v) is 7.28. The fraction of sp³-hybridized carbons (Fsp3) is 0.667. The second kappa shape index (κ2) is 7.53. The van der Waals surface area contributed by atoms with Crippen LogP contribution >= 0.6 is 0 Å². The molecule has 0 amide bonds. The Bertz CT molecular complexity index is 1110. The highest BCUT2D eigenvalue weighted by Gasteiger charge is 2.49. The smallest absolute Gasteiger partial charge is 0.0470 e. The van der Waals surface area contributed by atoms with Gasteiger partial charge in [-0.1, -0.05) is 48.5 Å². The lowest BCUT2D eigenvalue weighted by molar-refractivity contribution is 0.249. The lowest BCUT2D eigenvalue weighted by atomic mass is 9.71. The van der Waals surface area contributed by atoms with E-state index < -0.39 is 0 Å². The van der Waals surface area contributed by atoms with Crippen LogP contribution < -0.4 is 16.0 Å². The molecule has 0 saturated carbocycles. The summed E-state index contributed by atoms with van der Waals surface area (Å²) in [5.41, 5.74) is 11.5. The van der Waals surface area contributed by atoms with E-state index in [1.165, 1.54) is 45.2 Å². The first-order valence-electron chi connectivity index (χ1n) is 13.3. The van der Waals surface area contributed by atoms with E-state index in [1.807, 2.05) is 0 Å². The van der Waals surface area contributed by atoms with Crippen LogP contribution in [0, 0.1) is 36.0 Å². The molecule has 0 spiro atoms. The molecule has 1 aromatic rings. The van der Waals surface area contributed by atoms with E-state index in [0.29, 0.717) is 24.0 Å². The van der Waals surface area contributed by atoms with E-state index in [9.17, 15) is 0 Å². The molecule has 3 saturated heterocycles. The van der Waals surface area contributed by atoms with Crippen LogP contribution in [-0.4, -0.2) is 23.1 Å². The summed E-state index contributed by atoms with van der Waals surface area (Å²) in [7, 11) is 0. The van der Waals surface area contributed by atoms with Crippen molar-refractivity contribution >= 4 is 6.08 Å². The van der Waals surface area contributed by atoms with Gasteiger partial charge in [0, 0.05) is 63.9 Å². The van der Waals surface area contributed by atoms with Crippen molar-refractivity contribution in [2.24, 2.45) is 22.2 Å². The number of hydrogen-bond acceptors (Lipinski definition) is 3. The zero-order valence-electron chi connectivity index (χ0n) is 23.1. The topological polar surface area (TPSA) is 51.9 Å². The van der Waals surface area contributed by atoms with Crippen molar-refractivity contribution in [1.29, 1.82) is 0 Å². The van der Waals surface area contributed by atoms with Crippen LogP contribution in [0.2, 0.25) is 0 Å². The summed E-state index contributed by atoms with van der Waals surface area (Å²) in [6.07, 6.45) is 8.06. The average molecular weight is 463 g/mol. The third kappa shape index (κ3) is 3.59. The van der Waals surface area contributed by atoms with Gasteiger partial charge in [0.15, 0.2) is 0 Å². The molecule has 4 N–H and O–H groups in total. The van der Waals surface area contributed by atoms with Crippen LogP contribution in [0.4, 0.5) is 0 Å². The Morgan fingerprint density at radius 3 is 2.35 bits per heavy atom. The molecule has 0 radical (unpaired) electrons. The van der Waals surface area contributed by atoms with Crippen molar-refractivity contribution in [2.75, 3.05) is 0 Å². The highest BCUT2D eigenvalue weighted by atomic mass is 15.1. The molecule has 4 aliphatic heterocycles. The number of aromatic amines is 1. The third-order valence-electron chi connectivity index (χ3n) is 9.94. The van der Waals surface area contributed by atoms with E-state index >= 15 is 0 Å². The van der Waals surface area contributed by atoms with E-state index in [0.717, 1.165) is 19.3 Å². The van der Waals surface area contributed by atoms with Gasteiger partial charge in [0.05, 0.1) is 0 Å². The normalized spacial score (nSPS) is 38.5. The van der Waals surface area contributed by atoms with Crippen molar-refractivity contribution in [3.8, 4) is 0 Å². The Morgan fingerprint density at radius 2 is 1.65 bits per heavy atom. The van der Waals surface area contributed by atoms with Crippen LogP contribution in [0.3, 0.4) is 0 Å². The average Bonchev–Trinajstić information content (AvgIpc) is 3.35. The predicted octanol–water partition coefficient (Wildman–Crippen LogP) is 6.10. The second-order valence-corrected chi connectivity index (χ2v) is 13.6. The lowest BCUT2D eigenvalue weighted by Gasteiger charge is -2.34. The second-order valence-electron chi connectivity index (χ2n) is 13.6. The van der Waals surface area contributed by atoms with Crippen LogP contribution in [0.15, 0.2) is 28.7 Å². The Balaban J connectivity index is 1.67. The molecule has 4 heteroatoms. The van der Waals surface area contributed by atoms with Gasteiger partial charge in [0.25, 0.3) is 0 Å². The SMILES string of the molecule is C/C1=C2/NC(/C=C3\N/C(=C\c4[nH]c(c(C)c4C)CC4NC1C(C)(C)C4C)CC3(C)C)CC2(C)C. The van der Waals surface area contributed by atoms with Crippen molar-refractivity contribution in [3.05, 3.63) is 51.3 Å². The molecule has 3 fully saturated rings. The molecular weight excluding hydrogens is 416 g/mol. The van der Waals surface area contributed by atoms with Gasteiger partial charge in [-0.3, -0.25) is 0 Å². The molecule has 8 bridgehead atoms. The van der Waals surface area contributed by atoms with Gasteiger partial charge in [0.1, 0.15) is 0 Å². The largest absolute Gasteiger partial charge is 0.382 e. The van der Waals surface area contributed by atoms with E-state index in [1.54, 1.807) is 0 Å². The Labute approximate surface area is 207 Å². The van der Waals surface area contributed by atoms with Crippen LogP contribution in [0.1, 0.15) is 90.7 Å². The number of hydrogen-bond donors (Lipinski definition) is 4. The minimum absolute atomic E-state index is 0.115. The van der Waals surface area contributed by atoms with Crippen molar-refractivity contribution in [3.63, 3.8) is 0 Å². The first kappa shape index (κ1) is 23.8. The van der Waals surface area contributed by atoms with Crippen molar-refractivity contribution in [1.82, 2.24) is 20.9 Å². The first-order valence-corrected chi connectivity index (χ1v) is 13.3. The summed E-state index contributed by atoms with van der Waals surface area (Å²) in [6, 6.07) is 1.18. The van der Waals surface area contributed by atoms with Gasteiger partial charge < -0.3 is 20.9 Å². The maximum Gasteiger partial charge on any atom is 0.0470 e. The van der Waals surface area contributed by atoms with Crippen molar-refractivity contribution < 1.29 is 0 Å². The maximum atomic E-state index is 4.11. The molecule has 5 heterocycles. The Kier molecular flexibility index (Phi) is 5.27.